The molecule has 110 valence electrons. The van der Waals surface area contributed by atoms with E-state index in [0.29, 0.717) is 6.54 Å². The first-order chi connectivity index (χ1) is 9.66. The highest BCUT2D eigenvalue weighted by atomic mass is 16.3. The van der Waals surface area contributed by atoms with Crippen LogP contribution in [-0.2, 0) is 0 Å². The molecular weight excluding hydrogens is 252 g/mol. The zero-order valence-electron chi connectivity index (χ0n) is 12.4. The molecule has 2 saturated heterocycles. The summed E-state index contributed by atoms with van der Waals surface area (Å²) in [7, 11) is 0. The maximum atomic E-state index is 10.4. The third-order valence-electron chi connectivity index (χ3n) is 4.73. The van der Waals surface area contributed by atoms with Gasteiger partial charge in [0.25, 0.3) is 0 Å². The Hall–Kier alpha value is -1.20. The van der Waals surface area contributed by atoms with Crippen LogP contribution >= 0.6 is 0 Å². The zero-order chi connectivity index (χ0) is 14.1. The normalized spacial score (nSPS) is 28.1. The third-order valence-corrected chi connectivity index (χ3v) is 4.73. The van der Waals surface area contributed by atoms with Gasteiger partial charge >= 0.3 is 0 Å². The fraction of sp³-hybridized carbons (Fsp3) is 0.733. The van der Waals surface area contributed by atoms with E-state index < -0.39 is 0 Å². The first-order valence-electron chi connectivity index (χ1n) is 7.62. The minimum absolute atomic E-state index is 0.255. The van der Waals surface area contributed by atoms with Crippen molar-refractivity contribution in [1.82, 2.24) is 14.9 Å². The summed E-state index contributed by atoms with van der Waals surface area (Å²) in [4.78, 5) is 13.3. The largest absolute Gasteiger partial charge is 0.390 e. The molecule has 2 aliphatic rings. The topological polar surface area (TPSA) is 52.5 Å². The predicted molar refractivity (Wildman–Crippen MR) is 78.9 cm³/mol. The third kappa shape index (κ3) is 2.52. The molecule has 3 rings (SSSR count). The lowest BCUT2D eigenvalue weighted by Gasteiger charge is -2.33. The van der Waals surface area contributed by atoms with Gasteiger partial charge in [-0.15, -0.1) is 0 Å². The van der Waals surface area contributed by atoms with Crippen molar-refractivity contribution in [2.75, 3.05) is 31.1 Å². The van der Waals surface area contributed by atoms with E-state index in [0.717, 1.165) is 36.7 Å². The van der Waals surface area contributed by atoms with Gasteiger partial charge in [-0.25, -0.2) is 9.97 Å². The van der Waals surface area contributed by atoms with E-state index in [1.54, 1.807) is 6.33 Å². The molecule has 2 fully saturated rings. The van der Waals surface area contributed by atoms with Crippen LogP contribution < -0.4 is 4.90 Å². The fourth-order valence-corrected chi connectivity index (χ4v) is 3.40. The minimum atomic E-state index is -0.275. The van der Waals surface area contributed by atoms with Gasteiger partial charge < -0.3 is 10.0 Å². The quantitative estimate of drug-likeness (QED) is 0.877. The smallest absolute Gasteiger partial charge is 0.135 e. The Kier molecular flexibility index (Phi) is 3.89. The number of aliphatic hydroxyl groups is 1. The zero-order valence-corrected chi connectivity index (χ0v) is 12.4. The van der Waals surface area contributed by atoms with Crippen LogP contribution in [0, 0.1) is 13.8 Å². The number of nitrogens with zero attached hydrogens (tertiary/aromatic N) is 4. The molecule has 5 nitrogen and oxygen atoms in total. The summed E-state index contributed by atoms with van der Waals surface area (Å²) in [5.74, 6) is 0.982. The van der Waals surface area contributed by atoms with Crippen molar-refractivity contribution in [2.24, 2.45) is 0 Å². The average molecular weight is 276 g/mol. The van der Waals surface area contributed by atoms with Gasteiger partial charge in [0.15, 0.2) is 0 Å². The highest BCUT2D eigenvalue weighted by Gasteiger charge is 2.36. The van der Waals surface area contributed by atoms with Gasteiger partial charge in [0.1, 0.15) is 12.1 Å². The van der Waals surface area contributed by atoms with Crippen LogP contribution in [0.5, 0.6) is 0 Å². The van der Waals surface area contributed by atoms with E-state index in [2.05, 4.69) is 26.7 Å². The maximum Gasteiger partial charge on any atom is 0.135 e. The van der Waals surface area contributed by atoms with E-state index in [1.807, 2.05) is 6.92 Å². The molecule has 1 aromatic heterocycles. The first-order valence-corrected chi connectivity index (χ1v) is 7.62. The van der Waals surface area contributed by atoms with Crippen LogP contribution in [0.15, 0.2) is 6.33 Å². The van der Waals surface area contributed by atoms with Gasteiger partial charge in [-0.2, -0.15) is 0 Å². The molecule has 2 aliphatic heterocycles. The summed E-state index contributed by atoms with van der Waals surface area (Å²) in [6.07, 6.45) is 5.19. The second-order valence-corrected chi connectivity index (χ2v) is 6.04. The van der Waals surface area contributed by atoms with Gasteiger partial charge in [0.05, 0.1) is 12.1 Å². The number of piperidine rings is 1. The number of aryl methyl sites for hydroxylation is 1. The standard InChI is InChI=1S/C15H24N4O/c1-11-12(2)16-10-17-15(11)19-8-13(14(20)9-19)18-6-4-3-5-7-18/h10,13-14,20H,3-9H2,1-2H3/t13-,14-/m0/s1. The van der Waals surface area contributed by atoms with Crippen LogP contribution in [0.1, 0.15) is 30.5 Å². The fourth-order valence-electron chi connectivity index (χ4n) is 3.40. The Morgan fingerprint density at radius 1 is 1.10 bits per heavy atom. The maximum absolute atomic E-state index is 10.4. The second kappa shape index (κ2) is 5.66. The number of β-amino-alcohol motifs (C(OH)–C–C–N with tert-alkyl or cyclic N) is 1. The summed E-state index contributed by atoms with van der Waals surface area (Å²) in [5.41, 5.74) is 2.14. The van der Waals surface area contributed by atoms with E-state index in [1.165, 1.54) is 19.3 Å². The van der Waals surface area contributed by atoms with Gasteiger partial charge in [-0.1, -0.05) is 6.42 Å². The van der Waals surface area contributed by atoms with Crippen LogP contribution in [0.4, 0.5) is 5.82 Å². The second-order valence-electron chi connectivity index (χ2n) is 6.04. The monoisotopic (exact) mass is 276 g/mol. The van der Waals surface area contributed by atoms with Crippen molar-refractivity contribution in [3.05, 3.63) is 17.6 Å². The molecule has 20 heavy (non-hydrogen) atoms. The Labute approximate surface area is 120 Å². The molecule has 5 heteroatoms. The molecule has 0 amide bonds. The highest BCUT2D eigenvalue weighted by Crippen LogP contribution is 2.26. The molecule has 0 saturated carbocycles. The number of hydrogen-bond donors (Lipinski definition) is 1. The lowest BCUT2D eigenvalue weighted by Crippen LogP contribution is -2.45. The summed E-state index contributed by atoms with van der Waals surface area (Å²) < 4.78 is 0. The molecule has 0 bridgehead atoms. The molecule has 0 radical (unpaired) electrons. The van der Waals surface area contributed by atoms with Gasteiger partial charge in [-0.05, 0) is 39.8 Å². The first kappa shape index (κ1) is 13.8. The molecule has 0 spiro atoms. The summed E-state index contributed by atoms with van der Waals surface area (Å²) in [6.45, 7) is 7.87. The van der Waals surface area contributed by atoms with Crippen molar-refractivity contribution in [1.29, 1.82) is 0 Å². The molecule has 0 aromatic carbocycles. The summed E-state index contributed by atoms with van der Waals surface area (Å²) in [5, 5.41) is 10.4. The van der Waals surface area contributed by atoms with Crippen molar-refractivity contribution >= 4 is 5.82 Å². The average Bonchev–Trinajstić information content (AvgIpc) is 2.85. The van der Waals surface area contributed by atoms with Gasteiger partial charge in [0.2, 0.25) is 0 Å². The molecule has 1 N–H and O–H groups in total. The number of aliphatic hydroxyl groups excluding tert-OH is 1. The predicted octanol–water partition coefficient (Wildman–Crippen LogP) is 1.13. The number of aromatic nitrogens is 2. The SMILES string of the molecule is Cc1ncnc(N2C[C@H](O)[C@@H](N3CCCCC3)C2)c1C. The Bertz CT molecular complexity index is 473. The number of rotatable bonds is 2. The Morgan fingerprint density at radius 2 is 1.85 bits per heavy atom. The summed E-state index contributed by atoms with van der Waals surface area (Å²) >= 11 is 0. The van der Waals surface area contributed by atoms with Crippen LogP contribution in [-0.4, -0.2) is 58.3 Å². The molecule has 2 atom stereocenters. The van der Waals surface area contributed by atoms with Crippen molar-refractivity contribution in [3.8, 4) is 0 Å². The molecule has 0 unspecified atom stereocenters. The molecule has 0 aliphatic carbocycles. The van der Waals surface area contributed by atoms with E-state index in [9.17, 15) is 5.11 Å². The number of likely N-dealkylation sites (tertiary alicyclic amines) is 1. The van der Waals surface area contributed by atoms with Crippen molar-refractivity contribution < 1.29 is 5.11 Å². The van der Waals surface area contributed by atoms with Crippen molar-refractivity contribution in [2.45, 2.75) is 45.3 Å². The van der Waals surface area contributed by atoms with Crippen molar-refractivity contribution in [3.63, 3.8) is 0 Å². The lowest BCUT2D eigenvalue weighted by molar-refractivity contribution is 0.0706. The van der Waals surface area contributed by atoms with Crippen LogP contribution in [0.25, 0.3) is 0 Å². The van der Waals surface area contributed by atoms with E-state index in [-0.39, 0.29) is 12.1 Å². The number of anilines is 1. The van der Waals surface area contributed by atoms with Crippen LogP contribution in [0.2, 0.25) is 0 Å². The molecular formula is C15H24N4O. The minimum Gasteiger partial charge on any atom is -0.390 e. The molecule has 3 heterocycles. The highest BCUT2D eigenvalue weighted by molar-refractivity contribution is 5.49. The van der Waals surface area contributed by atoms with E-state index >= 15 is 0 Å². The summed E-state index contributed by atoms with van der Waals surface area (Å²) in [6, 6.07) is 0.255. The van der Waals surface area contributed by atoms with E-state index in [4.69, 9.17) is 0 Å². The van der Waals surface area contributed by atoms with Gasteiger partial charge in [0, 0.05) is 24.3 Å². The molecule has 1 aromatic rings. The van der Waals surface area contributed by atoms with Crippen LogP contribution in [0.3, 0.4) is 0 Å². The van der Waals surface area contributed by atoms with Gasteiger partial charge in [-0.3, -0.25) is 4.90 Å². The Morgan fingerprint density at radius 3 is 2.60 bits per heavy atom. The Balaban J connectivity index is 1.75. The lowest BCUT2D eigenvalue weighted by atomic mass is 10.1. The number of hydrogen-bond acceptors (Lipinski definition) is 5.